The first-order chi connectivity index (χ1) is 7.64. The third-order valence-electron chi connectivity index (χ3n) is 2.82. The summed E-state index contributed by atoms with van der Waals surface area (Å²) in [4.78, 5) is 0. The molecule has 0 aliphatic carbocycles. The van der Waals surface area contributed by atoms with E-state index in [2.05, 4.69) is 81.9 Å². The van der Waals surface area contributed by atoms with Gasteiger partial charge in [-0.3, -0.25) is 0 Å². The molecule has 0 saturated carbocycles. The maximum absolute atomic E-state index is 4.33. The molecule has 0 fully saturated rings. The van der Waals surface area contributed by atoms with Crippen molar-refractivity contribution in [1.29, 1.82) is 0 Å². The first-order valence-corrected chi connectivity index (χ1v) is 9.63. The fourth-order valence-corrected chi connectivity index (χ4v) is 3.93. The Bertz CT molecular complexity index is 382. The lowest BCUT2D eigenvalue weighted by molar-refractivity contribution is 0.499. The molecule has 1 aromatic carbocycles. The van der Waals surface area contributed by atoms with Gasteiger partial charge in [-0.1, -0.05) is 65.2 Å². The Morgan fingerprint density at radius 1 is 1.06 bits per heavy atom. The molecule has 94 valence electrons. The minimum Gasteiger partial charge on any atom is -0.373 e. The number of para-hydroxylation sites is 1. The van der Waals surface area contributed by atoms with Crippen molar-refractivity contribution in [3.8, 4) is 0 Å². The molecular formula is C15H25NSi. The summed E-state index contributed by atoms with van der Waals surface area (Å²) in [7, 11) is -1.47. The Hall–Kier alpha value is -1.02. The van der Waals surface area contributed by atoms with Crippen LogP contribution >= 0.6 is 0 Å². The van der Waals surface area contributed by atoms with Gasteiger partial charge in [0, 0.05) is 16.8 Å². The Morgan fingerprint density at radius 2 is 1.53 bits per heavy atom. The molecule has 2 heteroatoms. The van der Waals surface area contributed by atoms with Gasteiger partial charge in [-0.05, 0) is 12.1 Å². The van der Waals surface area contributed by atoms with E-state index in [0.717, 1.165) is 0 Å². The van der Waals surface area contributed by atoms with E-state index in [0.29, 0.717) is 0 Å². The van der Waals surface area contributed by atoms with Gasteiger partial charge in [0.15, 0.2) is 8.24 Å². The standard InChI is InChI=1S/C15H25NSi/c1-13(15(2,3)4)16(17(5,6)7)14-11-9-8-10-12-14/h8-12H,1H2,2-7H3. The maximum atomic E-state index is 4.33. The van der Waals surface area contributed by atoms with Gasteiger partial charge in [-0.2, -0.15) is 0 Å². The summed E-state index contributed by atoms with van der Waals surface area (Å²) in [5.41, 5.74) is 2.59. The first kappa shape index (κ1) is 14.0. The Morgan fingerprint density at radius 3 is 1.88 bits per heavy atom. The molecule has 1 rings (SSSR count). The predicted molar refractivity (Wildman–Crippen MR) is 80.9 cm³/mol. The molecule has 0 aromatic heterocycles. The third kappa shape index (κ3) is 3.47. The van der Waals surface area contributed by atoms with E-state index in [1.165, 1.54) is 11.4 Å². The van der Waals surface area contributed by atoms with Crippen molar-refractivity contribution in [1.82, 2.24) is 0 Å². The minimum absolute atomic E-state index is 0.107. The fourth-order valence-electron chi connectivity index (χ4n) is 1.86. The highest BCUT2D eigenvalue weighted by atomic mass is 28.3. The molecule has 0 spiro atoms. The molecule has 0 radical (unpaired) electrons. The number of hydrogen-bond donors (Lipinski definition) is 0. The topological polar surface area (TPSA) is 3.24 Å². The van der Waals surface area contributed by atoms with Gasteiger partial charge in [0.2, 0.25) is 0 Å². The number of hydrogen-bond acceptors (Lipinski definition) is 1. The van der Waals surface area contributed by atoms with Gasteiger partial charge in [0.05, 0.1) is 0 Å². The summed E-state index contributed by atoms with van der Waals surface area (Å²) in [5.74, 6) is 0. The summed E-state index contributed by atoms with van der Waals surface area (Å²) in [6, 6.07) is 10.6. The average Bonchev–Trinajstić information content (AvgIpc) is 2.15. The zero-order valence-electron chi connectivity index (χ0n) is 12.0. The fraction of sp³-hybridized carbons (Fsp3) is 0.467. The minimum atomic E-state index is -1.47. The molecule has 17 heavy (non-hydrogen) atoms. The second-order valence-corrected chi connectivity index (χ2v) is 11.3. The summed E-state index contributed by atoms with van der Waals surface area (Å²) in [5, 5.41) is 0. The Kier molecular flexibility index (Phi) is 3.87. The van der Waals surface area contributed by atoms with Crippen molar-refractivity contribution in [3.05, 3.63) is 42.6 Å². The summed E-state index contributed by atoms with van der Waals surface area (Å²) in [6.07, 6.45) is 0. The van der Waals surface area contributed by atoms with E-state index in [-0.39, 0.29) is 5.41 Å². The molecule has 1 aromatic rings. The molecule has 0 amide bonds. The van der Waals surface area contributed by atoms with Crippen LogP contribution in [0.25, 0.3) is 0 Å². The summed E-state index contributed by atoms with van der Waals surface area (Å²) < 4.78 is 2.47. The van der Waals surface area contributed by atoms with Crippen LogP contribution in [0.5, 0.6) is 0 Å². The van der Waals surface area contributed by atoms with Crippen LogP contribution in [0.15, 0.2) is 42.6 Å². The predicted octanol–water partition coefficient (Wildman–Crippen LogP) is 4.89. The smallest absolute Gasteiger partial charge is 0.153 e. The number of nitrogens with zero attached hydrogens (tertiary/aromatic N) is 1. The quantitative estimate of drug-likeness (QED) is 0.688. The number of benzene rings is 1. The van der Waals surface area contributed by atoms with Crippen LogP contribution in [-0.4, -0.2) is 8.24 Å². The molecule has 1 nitrogen and oxygen atoms in total. The van der Waals surface area contributed by atoms with Crippen LogP contribution in [0.3, 0.4) is 0 Å². The zero-order chi connectivity index (χ0) is 13.3. The highest BCUT2D eigenvalue weighted by Gasteiger charge is 2.31. The summed E-state index contributed by atoms with van der Waals surface area (Å²) in [6.45, 7) is 18.1. The number of rotatable bonds is 3. The van der Waals surface area contributed by atoms with E-state index in [4.69, 9.17) is 0 Å². The summed E-state index contributed by atoms with van der Waals surface area (Å²) >= 11 is 0. The zero-order valence-corrected chi connectivity index (χ0v) is 13.0. The molecule has 0 unspecified atom stereocenters. The van der Waals surface area contributed by atoms with Crippen LogP contribution in [-0.2, 0) is 0 Å². The van der Waals surface area contributed by atoms with E-state index in [1.807, 2.05) is 0 Å². The third-order valence-corrected chi connectivity index (χ3v) is 4.69. The first-order valence-electron chi connectivity index (χ1n) is 6.19. The van der Waals surface area contributed by atoms with Gasteiger partial charge in [0.25, 0.3) is 0 Å². The van der Waals surface area contributed by atoms with E-state index < -0.39 is 8.24 Å². The van der Waals surface area contributed by atoms with Crippen molar-refractivity contribution in [2.24, 2.45) is 5.41 Å². The SMILES string of the molecule is C=C(N(c1ccccc1)[Si](C)(C)C)C(C)(C)C. The monoisotopic (exact) mass is 247 g/mol. The molecule has 0 bridgehead atoms. The average molecular weight is 247 g/mol. The van der Waals surface area contributed by atoms with Crippen LogP contribution in [0.4, 0.5) is 5.69 Å². The molecule has 0 N–H and O–H groups in total. The van der Waals surface area contributed by atoms with Crippen molar-refractivity contribution in [2.75, 3.05) is 4.57 Å². The van der Waals surface area contributed by atoms with Gasteiger partial charge in [-0.25, -0.2) is 0 Å². The van der Waals surface area contributed by atoms with Crippen molar-refractivity contribution >= 4 is 13.9 Å². The molecule has 0 atom stereocenters. The lowest BCUT2D eigenvalue weighted by Crippen LogP contribution is -2.48. The van der Waals surface area contributed by atoms with E-state index in [9.17, 15) is 0 Å². The largest absolute Gasteiger partial charge is 0.373 e. The van der Waals surface area contributed by atoms with Crippen molar-refractivity contribution < 1.29 is 0 Å². The Balaban J connectivity index is 3.20. The number of allylic oxidation sites excluding steroid dienone is 1. The second kappa shape index (κ2) is 4.69. The molecule has 0 saturated heterocycles. The molecule has 0 aliphatic rings. The van der Waals surface area contributed by atoms with Gasteiger partial charge >= 0.3 is 0 Å². The normalized spacial score (nSPS) is 12.4. The highest BCUT2D eigenvalue weighted by molar-refractivity contribution is 6.80. The van der Waals surface area contributed by atoms with Gasteiger partial charge in [-0.15, -0.1) is 0 Å². The van der Waals surface area contributed by atoms with Crippen LogP contribution in [0.2, 0.25) is 19.6 Å². The van der Waals surface area contributed by atoms with Crippen LogP contribution in [0, 0.1) is 5.41 Å². The number of anilines is 1. The van der Waals surface area contributed by atoms with E-state index in [1.54, 1.807) is 0 Å². The van der Waals surface area contributed by atoms with Gasteiger partial charge in [0.1, 0.15) is 0 Å². The molecular weight excluding hydrogens is 222 g/mol. The van der Waals surface area contributed by atoms with Gasteiger partial charge < -0.3 is 4.57 Å². The van der Waals surface area contributed by atoms with Crippen LogP contribution in [0.1, 0.15) is 20.8 Å². The maximum Gasteiger partial charge on any atom is 0.153 e. The second-order valence-electron chi connectivity index (χ2n) is 6.54. The van der Waals surface area contributed by atoms with Crippen molar-refractivity contribution in [3.63, 3.8) is 0 Å². The lowest BCUT2D eigenvalue weighted by atomic mass is 9.93. The highest BCUT2D eigenvalue weighted by Crippen LogP contribution is 2.34. The Labute approximate surface area is 107 Å². The van der Waals surface area contributed by atoms with Crippen molar-refractivity contribution in [2.45, 2.75) is 40.4 Å². The van der Waals surface area contributed by atoms with Crippen LogP contribution < -0.4 is 4.57 Å². The van der Waals surface area contributed by atoms with E-state index >= 15 is 0 Å². The lowest BCUT2D eigenvalue weighted by Gasteiger charge is -2.42. The molecule has 0 aliphatic heterocycles. The molecule has 0 heterocycles.